The highest BCUT2D eigenvalue weighted by molar-refractivity contribution is 5.80. The quantitative estimate of drug-likeness (QED) is 0.827. The molecule has 5 nitrogen and oxygen atoms in total. The van der Waals surface area contributed by atoms with Crippen LogP contribution in [0.1, 0.15) is 43.8 Å². The SMILES string of the molecule is Cc1nn(C)c(C)c1C(C)NC(C(N)=O)C(C)C. The van der Waals surface area contributed by atoms with Crippen molar-refractivity contribution in [2.75, 3.05) is 0 Å². The van der Waals surface area contributed by atoms with E-state index in [0.29, 0.717) is 0 Å². The van der Waals surface area contributed by atoms with Crippen LogP contribution in [-0.4, -0.2) is 21.7 Å². The standard InChI is InChI=1S/C13H24N4O/c1-7(2)12(13(14)18)15-8(3)11-9(4)16-17(6)10(11)5/h7-8,12,15H,1-6H3,(H2,14,18). The molecule has 0 spiro atoms. The van der Waals surface area contributed by atoms with E-state index in [-0.39, 0.29) is 23.9 Å². The monoisotopic (exact) mass is 252 g/mol. The molecule has 0 saturated heterocycles. The molecular formula is C13H24N4O. The molecule has 2 atom stereocenters. The third-order valence-electron chi connectivity index (χ3n) is 3.40. The fourth-order valence-electron chi connectivity index (χ4n) is 2.37. The van der Waals surface area contributed by atoms with Crippen molar-refractivity contribution in [3.8, 4) is 0 Å². The van der Waals surface area contributed by atoms with Gasteiger partial charge in [0, 0.05) is 24.3 Å². The fourth-order valence-corrected chi connectivity index (χ4v) is 2.37. The van der Waals surface area contributed by atoms with E-state index in [9.17, 15) is 4.79 Å². The summed E-state index contributed by atoms with van der Waals surface area (Å²) in [5.41, 5.74) is 8.66. The molecule has 0 aliphatic carbocycles. The molecule has 0 saturated carbocycles. The van der Waals surface area contributed by atoms with E-state index in [1.54, 1.807) is 0 Å². The van der Waals surface area contributed by atoms with Crippen LogP contribution in [0.5, 0.6) is 0 Å². The smallest absolute Gasteiger partial charge is 0.234 e. The largest absolute Gasteiger partial charge is 0.368 e. The minimum atomic E-state index is -0.320. The van der Waals surface area contributed by atoms with E-state index < -0.39 is 0 Å². The highest BCUT2D eigenvalue weighted by atomic mass is 16.1. The zero-order valence-electron chi connectivity index (χ0n) is 12.1. The van der Waals surface area contributed by atoms with Gasteiger partial charge in [-0.05, 0) is 26.7 Å². The summed E-state index contributed by atoms with van der Waals surface area (Å²) >= 11 is 0. The Hall–Kier alpha value is -1.36. The third-order valence-corrected chi connectivity index (χ3v) is 3.40. The first-order valence-electron chi connectivity index (χ1n) is 6.31. The van der Waals surface area contributed by atoms with Crippen molar-refractivity contribution < 1.29 is 4.79 Å². The molecule has 1 amide bonds. The first kappa shape index (κ1) is 14.7. The Balaban J connectivity index is 2.94. The van der Waals surface area contributed by atoms with Crippen LogP contribution in [-0.2, 0) is 11.8 Å². The van der Waals surface area contributed by atoms with Gasteiger partial charge in [-0.1, -0.05) is 13.8 Å². The van der Waals surface area contributed by atoms with E-state index in [0.717, 1.165) is 17.0 Å². The maximum absolute atomic E-state index is 11.4. The lowest BCUT2D eigenvalue weighted by Crippen LogP contribution is -2.46. The number of hydrogen-bond acceptors (Lipinski definition) is 3. The summed E-state index contributed by atoms with van der Waals surface area (Å²) in [6.07, 6.45) is 0. The average molecular weight is 252 g/mol. The van der Waals surface area contributed by atoms with Crippen molar-refractivity contribution in [2.45, 2.75) is 46.7 Å². The number of nitrogens with two attached hydrogens (primary N) is 1. The second-order valence-corrected chi connectivity index (χ2v) is 5.22. The number of nitrogens with one attached hydrogen (secondary N) is 1. The number of primary amides is 1. The topological polar surface area (TPSA) is 72.9 Å². The first-order valence-corrected chi connectivity index (χ1v) is 6.31. The minimum absolute atomic E-state index is 0.0543. The van der Waals surface area contributed by atoms with E-state index in [2.05, 4.69) is 10.4 Å². The highest BCUT2D eigenvalue weighted by Gasteiger charge is 2.24. The van der Waals surface area contributed by atoms with E-state index in [1.165, 1.54) is 0 Å². The zero-order valence-corrected chi connectivity index (χ0v) is 12.1. The molecule has 5 heteroatoms. The summed E-state index contributed by atoms with van der Waals surface area (Å²) in [4.78, 5) is 11.4. The molecule has 102 valence electrons. The number of carbonyl (C=O) groups excluding carboxylic acids is 1. The molecule has 0 bridgehead atoms. The van der Waals surface area contributed by atoms with Gasteiger partial charge < -0.3 is 5.73 Å². The third kappa shape index (κ3) is 2.90. The maximum Gasteiger partial charge on any atom is 0.234 e. The van der Waals surface area contributed by atoms with Crippen LogP contribution in [0.3, 0.4) is 0 Å². The van der Waals surface area contributed by atoms with Crippen LogP contribution in [0.2, 0.25) is 0 Å². The minimum Gasteiger partial charge on any atom is -0.368 e. The molecule has 1 aromatic heterocycles. The van der Waals surface area contributed by atoms with Crippen LogP contribution in [0, 0.1) is 19.8 Å². The number of carbonyl (C=O) groups is 1. The Morgan fingerprint density at radius 2 is 1.89 bits per heavy atom. The Kier molecular flexibility index (Phi) is 4.51. The Morgan fingerprint density at radius 3 is 2.22 bits per heavy atom. The molecule has 3 N–H and O–H groups in total. The first-order chi connectivity index (χ1) is 8.25. The summed E-state index contributed by atoms with van der Waals surface area (Å²) in [5, 5.41) is 7.69. The van der Waals surface area contributed by atoms with Gasteiger partial charge in [-0.3, -0.25) is 14.8 Å². The predicted octanol–water partition coefficient (Wildman–Crippen LogP) is 1.20. The molecule has 0 fully saturated rings. The second kappa shape index (κ2) is 5.52. The Morgan fingerprint density at radius 1 is 1.33 bits per heavy atom. The lowest BCUT2D eigenvalue weighted by molar-refractivity contribution is -0.121. The molecule has 1 heterocycles. The lowest BCUT2D eigenvalue weighted by Gasteiger charge is -2.24. The van der Waals surface area contributed by atoms with Crippen molar-refractivity contribution in [2.24, 2.45) is 18.7 Å². The molecule has 0 aliphatic heterocycles. The van der Waals surface area contributed by atoms with E-state index in [4.69, 9.17) is 5.73 Å². The van der Waals surface area contributed by atoms with Crippen molar-refractivity contribution in [3.63, 3.8) is 0 Å². The van der Waals surface area contributed by atoms with Crippen LogP contribution in [0.25, 0.3) is 0 Å². The molecule has 2 unspecified atom stereocenters. The Labute approximate surface area is 109 Å². The van der Waals surface area contributed by atoms with Gasteiger partial charge in [-0.15, -0.1) is 0 Å². The van der Waals surface area contributed by atoms with Gasteiger partial charge in [-0.2, -0.15) is 5.10 Å². The van der Waals surface area contributed by atoms with Crippen LogP contribution >= 0.6 is 0 Å². The Bertz CT molecular complexity index is 436. The summed E-state index contributed by atoms with van der Waals surface area (Å²) in [7, 11) is 1.92. The number of rotatable bonds is 5. The number of nitrogens with zero attached hydrogens (tertiary/aromatic N) is 2. The van der Waals surface area contributed by atoms with Crippen molar-refractivity contribution in [3.05, 3.63) is 17.0 Å². The molecular weight excluding hydrogens is 228 g/mol. The second-order valence-electron chi connectivity index (χ2n) is 5.22. The highest BCUT2D eigenvalue weighted by Crippen LogP contribution is 2.21. The van der Waals surface area contributed by atoms with Crippen LogP contribution in [0.15, 0.2) is 0 Å². The molecule has 1 aromatic rings. The van der Waals surface area contributed by atoms with Crippen molar-refractivity contribution >= 4 is 5.91 Å². The zero-order chi connectivity index (χ0) is 14.0. The van der Waals surface area contributed by atoms with Gasteiger partial charge in [0.25, 0.3) is 0 Å². The summed E-state index contributed by atoms with van der Waals surface area (Å²) in [6.45, 7) is 10.0. The van der Waals surface area contributed by atoms with Crippen LogP contribution < -0.4 is 11.1 Å². The number of hydrogen-bond donors (Lipinski definition) is 2. The van der Waals surface area contributed by atoms with Gasteiger partial charge >= 0.3 is 0 Å². The summed E-state index contributed by atoms with van der Waals surface area (Å²) in [5.74, 6) is -0.140. The normalized spacial score (nSPS) is 14.8. The molecule has 0 aliphatic rings. The molecule has 1 rings (SSSR count). The van der Waals surface area contributed by atoms with E-state index in [1.807, 2.05) is 46.3 Å². The molecule has 0 radical (unpaired) electrons. The maximum atomic E-state index is 11.4. The van der Waals surface area contributed by atoms with Crippen LogP contribution in [0.4, 0.5) is 0 Å². The van der Waals surface area contributed by atoms with Gasteiger partial charge in [0.15, 0.2) is 0 Å². The van der Waals surface area contributed by atoms with Gasteiger partial charge in [0.1, 0.15) is 0 Å². The predicted molar refractivity (Wildman–Crippen MR) is 72.1 cm³/mol. The van der Waals surface area contributed by atoms with Gasteiger partial charge in [0.05, 0.1) is 11.7 Å². The lowest BCUT2D eigenvalue weighted by atomic mass is 10.00. The fraction of sp³-hybridized carbons (Fsp3) is 0.692. The number of amides is 1. The van der Waals surface area contributed by atoms with Crippen molar-refractivity contribution in [1.29, 1.82) is 0 Å². The van der Waals surface area contributed by atoms with Crippen molar-refractivity contribution in [1.82, 2.24) is 15.1 Å². The van der Waals surface area contributed by atoms with Gasteiger partial charge in [0.2, 0.25) is 5.91 Å². The average Bonchev–Trinajstić information content (AvgIpc) is 2.48. The number of aryl methyl sites for hydroxylation is 2. The van der Waals surface area contributed by atoms with E-state index >= 15 is 0 Å². The molecule has 0 aromatic carbocycles. The number of aromatic nitrogens is 2. The summed E-state index contributed by atoms with van der Waals surface area (Å²) in [6, 6.07) is -0.266. The van der Waals surface area contributed by atoms with Gasteiger partial charge in [-0.25, -0.2) is 0 Å². The molecule has 18 heavy (non-hydrogen) atoms. The summed E-state index contributed by atoms with van der Waals surface area (Å²) < 4.78 is 1.86.